The molecule has 1 N–H and O–H groups in total. The minimum atomic E-state index is -0.776. The third-order valence-corrected chi connectivity index (χ3v) is 3.27. The lowest BCUT2D eigenvalue weighted by atomic mass is 9.86. The van der Waals surface area contributed by atoms with Crippen LogP contribution < -0.4 is 0 Å². The van der Waals surface area contributed by atoms with Crippen LogP contribution in [0.4, 0.5) is 0 Å². The second-order valence-corrected chi connectivity index (χ2v) is 5.38. The Morgan fingerprint density at radius 3 is 2.42 bits per heavy atom. The molecule has 0 aliphatic carbocycles. The van der Waals surface area contributed by atoms with Gasteiger partial charge in [0.25, 0.3) is 0 Å². The molecule has 4 nitrogen and oxygen atoms in total. The van der Waals surface area contributed by atoms with E-state index in [0.717, 1.165) is 17.1 Å². The number of imidazole rings is 1. The van der Waals surface area contributed by atoms with Gasteiger partial charge in [0.1, 0.15) is 5.82 Å². The summed E-state index contributed by atoms with van der Waals surface area (Å²) in [4.78, 5) is 15.3. The Morgan fingerprint density at radius 1 is 1.32 bits per heavy atom. The van der Waals surface area contributed by atoms with Crippen molar-refractivity contribution in [1.29, 1.82) is 0 Å². The molecule has 19 heavy (non-hydrogen) atoms. The number of carboxylic acids is 1. The number of hydrogen-bond acceptors (Lipinski definition) is 2. The second kappa shape index (κ2) is 4.88. The van der Waals surface area contributed by atoms with Crippen LogP contribution in [-0.2, 0) is 11.2 Å². The summed E-state index contributed by atoms with van der Waals surface area (Å²) in [6.45, 7) is 5.42. The van der Waals surface area contributed by atoms with E-state index in [0.29, 0.717) is 6.42 Å². The summed E-state index contributed by atoms with van der Waals surface area (Å²) in [5, 5.41) is 9.13. The lowest BCUT2D eigenvalue weighted by Gasteiger charge is -2.19. The molecule has 0 aliphatic rings. The fourth-order valence-electron chi connectivity index (χ4n) is 2.01. The number of aromatic nitrogens is 2. The van der Waals surface area contributed by atoms with Crippen LogP contribution in [0.1, 0.15) is 25.2 Å². The number of benzene rings is 1. The minimum Gasteiger partial charge on any atom is -0.481 e. The molecule has 0 atom stereocenters. The van der Waals surface area contributed by atoms with Crippen LogP contribution in [0, 0.1) is 12.3 Å². The summed E-state index contributed by atoms with van der Waals surface area (Å²) in [5.74, 6) is 0.153. The highest BCUT2D eigenvalue weighted by Gasteiger charge is 2.27. The van der Waals surface area contributed by atoms with Crippen LogP contribution in [0.15, 0.2) is 36.7 Å². The fraction of sp³-hybridized carbons (Fsp3) is 0.333. The maximum atomic E-state index is 11.1. The largest absolute Gasteiger partial charge is 0.481 e. The van der Waals surface area contributed by atoms with Gasteiger partial charge in [0.2, 0.25) is 0 Å². The molecule has 4 heteroatoms. The van der Waals surface area contributed by atoms with Gasteiger partial charge in [-0.1, -0.05) is 12.1 Å². The maximum absolute atomic E-state index is 11.1. The fourth-order valence-corrected chi connectivity index (χ4v) is 2.01. The Kier molecular flexibility index (Phi) is 3.42. The van der Waals surface area contributed by atoms with E-state index in [9.17, 15) is 4.79 Å². The molecule has 2 aromatic rings. The molecule has 0 fully saturated rings. The summed E-state index contributed by atoms with van der Waals surface area (Å²) in [6, 6.07) is 7.92. The predicted octanol–water partition coefficient (Wildman–Crippen LogP) is 2.83. The Hall–Kier alpha value is -2.10. The van der Waals surface area contributed by atoms with Crippen molar-refractivity contribution in [2.24, 2.45) is 5.41 Å². The van der Waals surface area contributed by atoms with Gasteiger partial charge in [0.15, 0.2) is 0 Å². The van der Waals surface area contributed by atoms with Gasteiger partial charge in [-0.05, 0) is 44.9 Å². The van der Waals surface area contributed by atoms with E-state index in [2.05, 4.69) is 4.98 Å². The van der Waals surface area contributed by atoms with Crippen molar-refractivity contribution < 1.29 is 9.90 Å². The van der Waals surface area contributed by atoms with Crippen molar-refractivity contribution in [3.63, 3.8) is 0 Å². The third kappa shape index (κ3) is 2.84. The summed E-state index contributed by atoms with van der Waals surface area (Å²) in [5.41, 5.74) is 1.31. The second-order valence-electron chi connectivity index (χ2n) is 5.38. The summed E-state index contributed by atoms with van der Waals surface area (Å²) >= 11 is 0. The molecule has 0 saturated carbocycles. The third-order valence-electron chi connectivity index (χ3n) is 3.27. The van der Waals surface area contributed by atoms with Gasteiger partial charge in [-0.25, -0.2) is 4.98 Å². The Balaban J connectivity index is 2.20. The van der Waals surface area contributed by atoms with Gasteiger partial charge in [-0.15, -0.1) is 0 Å². The highest BCUT2D eigenvalue weighted by atomic mass is 16.4. The van der Waals surface area contributed by atoms with Crippen molar-refractivity contribution in [2.75, 3.05) is 0 Å². The number of nitrogens with zero attached hydrogens (tertiary/aromatic N) is 2. The van der Waals surface area contributed by atoms with Crippen LogP contribution in [-0.4, -0.2) is 20.6 Å². The van der Waals surface area contributed by atoms with Gasteiger partial charge in [0.05, 0.1) is 5.41 Å². The topological polar surface area (TPSA) is 55.1 Å². The molecule has 0 aliphatic heterocycles. The zero-order chi connectivity index (χ0) is 14.0. The van der Waals surface area contributed by atoms with E-state index in [-0.39, 0.29) is 0 Å². The monoisotopic (exact) mass is 258 g/mol. The number of hydrogen-bond donors (Lipinski definition) is 1. The molecule has 1 aromatic heterocycles. The highest BCUT2D eigenvalue weighted by molar-refractivity contribution is 5.74. The predicted molar refractivity (Wildman–Crippen MR) is 73.4 cm³/mol. The number of carboxylic acid groups (broad SMARTS) is 1. The molecule has 1 aromatic carbocycles. The summed E-state index contributed by atoms with van der Waals surface area (Å²) < 4.78 is 1.99. The minimum absolute atomic E-state index is 0.519. The van der Waals surface area contributed by atoms with Gasteiger partial charge < -0.3 is 9.67 Å². The standard InChI is InChI=1S/C15H18N2O2/c1-11-16-8-9-17(11)13-6-4-12(5-7-13)10-15(2,3)14(18)19/h4-9H,10H2,1-3H3,(H,18,19). The lowest BCUT2D eigenvalue weighted by Crippen LogP contribution is -2.26. The molecule has 100 valence electrons. The Morgan fingerprint density at radius 2 is 1.95 bits per heavy atom. The number of aryl methyl sites for hydroxylation is 1. The van der Waals surface area contributed by atoms with Crippen molar-refractivity contribution in [2.45, 2.75) is 27.2 Å². The first-order chi connectivity index (χ1) is 8.90. The molecule has 0 saturated heterocycles. The van der Waals surface area contributed by atoms with Gasteiger partial charge >= 0.3 is 5.97 Å². The molecular weight excluding hydrogens is 240 g/mol. The zero-order valence-corrected chi connectivity index (χ0v) is 11.4. The van der Waals surface area contributed by atoms with Crippen molar-refractivity contribution in [3.05, 3.63) is 48.0 Å². The van der Waals surface area contributed by atoms with Crippen molar-refractivity contribution in [1.82, 2.24) is 9.55 Å². The van der Waals surface area contributed by atoms with E-state index in [4.69, 9.17) is 5.11 Å². The molecule has 0 radical (unpaired) electrons. The molecule has 2 rings (SSSR count). The smallest absolute Gasteiger partial charge is 0.309 e. The lowest BCUT2D eigenvalue weighted by molar-refractivity contribution is -0.146. The first-order valence-corrected chi connectivity index (χ1v) is 6.23. The van der Waals surface area contributed by atoms with E-state index >= 15 is 0 Å². The number of aliphatic carboxylic acids is 1. The Bertz CT molecular complexity index is 582. The average molecular weight is 258 g/mol. The number of rotatable bonds is 4. The normalized spacial score (nSPS) is 11.5. The van der Waals surface area contributed by atoms with E-state index in [1.807, 2.05) is 42.0 Å². The Labute approximate surface area is 112 Å². The van der Waals surface area contributed by atoms with E-state index in [1.54, 1.807) is 20.0 Å². The van der Waals surface area contributed by atoms with Crippen LogP contribution in [0.3, 0.4) is 0 Å². The van der Waals surface area contributed by atoms with Crippen LogP contribution in [0.5, 0.6) is 0 Å². The van der Waals surface area contributed by atoms with Gasteiger partial charge in [-0.3, -0.25) is 4.79 Å². The van der Waals surface area contributed by atoms with E-state index < -0.39 is 11.4 Å². The molecule has 0 amide bonds. The van der Waals surface area contributed by atoms with Crippen LogP contribution in [0.2, 0.25) is 0 Å². The average Bonchev–Trinajstić information content (AvgIpc) is 2.76. The molecule has 1 heterocycles. The first kappa shape index (κ1) is 13.3. The molecule has 0 bridgehead atoms. The summed E-state index contributed by atoms with van der Waals surface area (Å²) in [7, 11) is 0. The summed E-state index contributed by atoms with van der Waals surface area (Å²) in [6.07, 6.45) is 4.19. The van der Waals surface area contributed by atoms with Crippen molar-refractivity contribution in [3.8, 4) is 5.69 Å². The van der Waals surface area contributed by atoms with Gasteiger partial charge in [0, 0.05) is 18.1 Å². The van der Waals surface area contributed by atoms with Gasteiger partial charge in [-0.2, -0.15) is 0 Å². The van der Waals surface area contributed by atoms with E-state index in [1.165, 1.54) is 0 Å². The molecule has 0 spiro atoms. The zero-order valence-electron chi connectivity index (χ0n) is 11.4. The van der Waals surface area contributed by atoms with Crippen LogP contribution in [0.25, 0.3) is 5.69 Å². The van der Waals surface area contributed by atoms with Crippen LogP contribution >= 0.6 is 0 Å². The first-order valence-electron chi connectivity index (χ1n) is 6.23. The quantitative estimate of drug-likeness (QED) is 0.917. The molecule has 0 unspecified atom stereocenters. The SMILES string of the molecule is Cc1nccn1-c1ccc(CC(C)(C)C(=O)O)cc1. The molecular formula is C15H18N2O2. The number of carbonyl (C=O) groups is 1. The maximum Gasteiger partial charge on any atom is 0.309 e. The highest BCUT2D eigenvalue weighted by Crippen LogP contribution is 2.23. The van der Waals surface area contributed by atoms with Crippen molar-refractivity contribution >= 4 is 5.97 Å².